The number of halogens is 3. The number of esters is 2. The summed E-state index contributed by atoms with van der Waals surface area (Å²) < 4.78 is 48.0. The van der Waals surface area contributed by atoms with Gasteiger partial charge in [-0.05, 0) is 36.4 Å². The lowest BCUT2D eigenvalue weighted by atomic mass is 10.1. The van der Waals surface area contributed by atoms with Crippen molar-refractivity contribution in [1.82, 2.24) is 0 Å². The Balaban J connectivity index is 2.22. The monoisotopic (exact) mass is 324 g/mol. The van der Waals surface area contributed by atoms with Gasteiger partial charge >= 0.3 is 18.1 Å². The Kier molecular flexibility index (Phi) is 4.68. The van der Waals surface area contributed by atoms with Gasteiger partial charge in [-0.2, -0.15) is 13.2 Å². The van der Waals surface area contributed by atoms with E-state index in [9.17, 15) is 22.8 Å². The minimum absolute atomic E-state index is 0.0135. The molecule has 0 heterocycles. The average Bonchev–Trinajstić information content (AvgIpc) is 2.54. The quantitative estimate of drug-likeness (QED) is 0.638. The van der Waals surface area contributed by atoms with E-state index >= 15 is 0 Å². The number of benzene rings is 2. The number of alkyl halides is 3. The van der Waals surface area contributed by atoms with Crippen LogP contribution in [0, 0.1) is 0 Å². The predicted octanol–water partition coefficient (Wildman–Crippen LogP) is 3.71. The zero-order chi connectivity index (χ0) is 17.0. The van der Waals surface area contributed by atoms with Crippen molar-refractivity contribution in [2.75, 3.05) is 7.11 Å². The van der Waals surface area contributed by atoms with Crippen molar-refractivity contribution >= 4 is 11.9 Å². The molecule has 4 nitrogen and oxygen atoms in total. The minimum atomic E-state index is -4.66. The Morgan fingerprint density at radius 2 is 1.52 bits per heavy atom. The lowest BCUT2D eigenvalue weighted by Gasteiger charge is -2.12. The van der Waals surface area contributed by atoms with E-state index in [1.165, 1.54) is 43.5 Å². The lowest BCUT2D eigenvalue weighted by Crippen LogP contribution is -2.16. The maximum absolute atomic E-state index is 12.9. The fourth-order valence-corrected chi connectivity index (χ4v) is 1.85. The van der Waals surface area contributed by atoms with Crippen molar-refractivity contribution in [3.8, 4) is 5.75 Å². The van der Waals surface area contributed by atoms with Crippen LogP contribution in [0.1, 0.15) is 26.3 Å². The molecule has 2 aromatic rings. The fraction of sp³-hybridized carbons (Fsp3) is 0.125. The van der Waals surface area contributed by atoms with Crippen LogP contribution in [0.5, 0.6) is 5.75 Å². The van der Waals surface area contributed by atoms with Gasteiger partial charge in [-0.1, -0.05) is 12.1 Å². The minimum Gasteiger partial charge on any atom is -0.465 e. The number of carbonyl (C=O) groups excluding carboxylic acids is 2. The average molecular weight is 324 g/mol. The van der Waals surface area contributed by atoms with Crippen LogP contribution in [0.2, 0.25) is 0 Å². The Morgan fingerprint density at radius 1 is 0.913 bits per heavy atom. The summed E-state index contributed by atoms with van der Waals surface area (Å²) in [6.45, 7) is 0. The highest BCUT2D eigenvalue weighted by Crippen LogP contribution is 2.32. The van der Waals surface area contributed by atoms with Gasteiger partial charge in [-0.15, -0.1) is 0 Å². The van der Waals surface area contributed by atoms with E-state index in [4.69, 9.17) is 4.74 Å². The molecule has 2 aromatic carbocycles. The highest BCUT2D eigenvalue weighted by molar-refractivity contribution is 5.93. The normalized spacial score (nSPS) is 11.0. The summed E-state index contributed by atoms with van der Waals surface area (Å²) in [6.07, 6.45) is -4.66. The largest absolute Gasteiger partial charge is 0.465 e. The van der Waals surface area contributed by atoms with Crippen molar-refractivity contribution in [2.45, 2.75) is 6.18 Å². The van der Waals surface area contributed by atoms with E-state index in [-0.39, 0.29) is 11.3 Å². The third-order valence-electron chi connectivity index (χ3n) is 2.94. The first-order valence-corrected chi connectivity index (χ1v) is 6.39. The SMILES string of the molecule is COC(=O)c1ccc(OC(=O)c2ccccc2C(F)(F)F)cc1. The molecule has 0 aromatic heterocycles. The molecule has 120 valence electrons. The number of rotatable bonds is 3. The predicted molar refractivity (Wildman–Crippen MR) is 74.2 cm³/mol. The molecule has 0 amide bonds. The Morgan fingerprint density at radius 3 is 2.09 bits per heavy atom. The zero-order valence-corrected chi connectivity index (χ0v) is 11.9. The smallest absolute Gasteiger partial charge is 0.417 e. The highest BCUT2D eigenvalue weighted by Gasteiger charge is 2.35. The molecule has 0 N–H and O–H groups in total. The molecule has 0 fully saturated rings. The standard InChI is InChI=1S/C16H11F3O4/c1-22-14(20)10-6-8-11(9-7-10)23-15(21)12-4-2-3-5-13(12)16(17,18)19/h2-9H,1H3. The van der Waals surface area contributed by atoms with Gasteiger partial charge in [0, 0.05) is 0 Å². The van der Waals surface area contributed by atoms with Gasteiger partial charge < -0.3 is 9.47 Å². The first-order chi connectivity index (χ1) is 10.8. The topological polar surface area (TPSA) is 52.6 Å². The molecule has 0 spiro atoms. The summed E-state index contributed by atoms with van der Waals surface area (Å²) in [5, 5.41) is 0. The van der Waals surface area contributed by atoms with E-state index in [0.717, 1.165) is 12.1 Å². The van der Waals surface area contributed by atoms with Crippen LogP contribution in [-0.2, 0) is 10.9 Å². The zero-order valence-electron chi connectivity index (χ0n) is 11.9. The summed E-state index contributed by atoms with van der Waals surface area (Å²) in [6, 6.07) is 9.59. The van der Waals surface area contributed by atoms with E-state index in [1.54, 1.807) is 0 Å². The van der Waals surface area contributed by atoms with Gasteiger partial charge in [-0.25, -0.2) is 9.59 Å². The van der Waals surface area contributed by atoms with Crippen molar-refractivity contribution < 1.29 is 32.2 Å². The van der Waals surface area contributed by atoms with Crippen molar-refractivity contribution in [3.63, 3.8) is 0 Å². The van der Waals surface area contributed by atoms with Gasteiger partial charge in [0.15, 0.2) is 0 Å². The van der Waals surface area contributed by atoms with Crippen LogP contribution in [0.15, 0.2) is 48.5 Å². The first-order valence-electron chi connectivity index (χ1n) is 6.39. The highest BCUT2D eigenvalue weighted by atomic mass is 19.4. The third-order valence-corrected chi connectivity index (χ3v) is 2.94. The second-order valence-corrected chi connectivity index (χ2v) is 4.45. The van der Waals surface area contributed by atoms with Crippen molar-refractivity contribution in [3.05, 3.63) is 65.2 Å². The summed E-state index contributed by atoms with van der Waals surface area (Å²) in [7, 11) is 1.21. The van der Waals surface area contributed by atoms with Crippen molar-refractivity contribution in [1.29, 1.82) is 0 Å². The third kappa shape index (κ3) is 3.88. The molecule has 23 heavy (non-hydrogen) atoms. The van der Waals surface area contributed by atoms with E-state index in [2.05, 4.69) is 4.74 Å². The summed E-state index contributed by atoms with van der Waals surface area (Å²) in [4.78, 5) is 23.2. The van der Waals surface area contributed by atoms with Gasteiger partial charge in [0.2, 0.25) is 0 Å². The molecule has 7 heteroatoms. The van der Waals surface area contributed by atoms with Gasteiger partial charge in [0.25, 0.3) is 0 Å². The lowest BCUT2D eigenvalue weighted by molar-refractivity contribution is -0.138. The second-order valence-electron chi connectivity index (χ2n) is 4.45. The maximum atomic E-state index is 12.9. The molecular formula is C16H11F3O4. The Hall–Kier alpha value is -2.83. The molecule has 0 radical (unpaired) electrons. The van der Waals surface area contributed by atoms with Crippen LogP contribution in [-0.4, -0.2) is 19.0 Å². The molecule has 0 unspecified atom stereocenters. The number of hydrogen-bond acceptors (Lipinski definition) is 4. The van der Waals surface area contributed by atoms with Gasteiger partial charge in [0.1, 0.15) is 5.75 Å². The number of ether oxygens (including phenoxy) is 2. The Labute approximate surface area is 129 Å². The van der Waals surface area contributed by atoms with E-state index in [0.29, 0.717) is 0 Å². The second kappa shape index (κ2) is 6.51. The van der Waals surface area contributed by atoms with Crippen LogP contribution in [0.3, 0.4) is 0 Å². The number of carbonyl (C=O) groups is 2. The molecule has 0 saturated carbocycles. The summed E-state index contributed by atoms with van der Waals surface area (Å²) in [5.41, 5.74) is -1.43. The maximum Gasteiger partial charge on any atom is 0.417 e. The van der Waals surface area contributed by atoms with Crippen LogP contribution in [0.4, 0.5) is 13.2 Å². The number of methoxy groups -OCH3 is 1. The van der Waals surface area contributed by atoms with E-state index in [1.807, 2.05) is 0 Å². The van der Waals surface area contributed by atoms with Crippen molar-refractivity contribution in [2.24, 2.45) is 0 Å². The fourth-order valence-electron chi connectivity index (χ4n) is 1.85. The summed E-state index contributed by atoms with van der Waals surface area (Å²) in [5.74, 6) is -1.70. The molecule has 0 aliphatic heterocycles. The van der Waals surface area contributed by atoms with Crippen LogP contribution in [0.25, 0.3) is 0 Å². The van der Waals surface area contributed by atoms with Crippen LogP contribution >= 0.6 is 0 Å². The number of hydrogen-bond donors (Lipinski definition) is 0. The molecule has 0 bridgehead atoms. The molecule has 0 atom stereocenters. The molecule has 0 saturated heterocycles. The van der Waals surface area contributed by atoms with Crippen LogP contribution < -0.4 is 4.74 Å². The molecule has 0 aliphatic carbocycles. The molecular weight excluding hydrogens is 313 g/mol. The van der Waals surface area contributed by atoms with E-state index < -0.39 is 29.2 Å². The van der Waals surface area contributed by atoms with Gasteiger partial charge in [-0.3, -0.25) is 0 Å². The van der Waals surface area contributed by atoms with Gasteiger partial charge in [0.05, 0.1) is 23.8 Å². The Bertz CT molecular complexity index is 721. The first kappa shape index (κ1) is 16.5. The molecule has 2 rings (SSSR count). The molecule has 0 aliphatic rings. The summed E-state index contributed by atoms with van der Waals surface area (Å²) >= 11 is 0.